The first kappa shape index (κ1) is 16.1. The van der Waals surface area contributed by atoms with Gasteiger partial charge in [-0.25, -0.2) is 0 Å². The largest absolute Gasteiger partial charge is 0.374 e. The molecule has 0 bridgehead atoms. The summed E-state index contributed by atoms with van der Waals surface area (Å²) >= 11 is 12.3. The van der Waals surface area contributed by atoms with Crippen molar-refractivity contribution in [1.29, 1.82) is 0 Å². The summed E-state index contributed by atoms with van der Waals surface area (Å²) in [6, 6.07) is 5.97. The molecule has 0 radical (unpaired) electrons. The molecule has 20 heavy (non-hydrogen) atoms. The highest BCUT2D eigenvalue weighted by Crippen LogP contribution is 2.33. The summed E-state index contributed by atoms with van der Waals surface area (Å²) in [6.07, 6.45) is 1.24. The Kier molecular flexibility index (Phi) is 6.12. The van der Waals surface area contributed by atoms with Gasteiger partial charge in [-0.2, -0.15) is 0 Å². The van der Waals surface area contributed by atoms with Gasteiger partial charge in [0.25, 0.3) is 0 Å². The molecule has 112 valence electrons. The van der Waals surface area contributed by atoms with Crippen molar-refractivity contribution in [2.75, 3.05) is 33.3 Å². The summed E-state index contributed by atoms with van der Waals surface area (Å²) in [6.45, 7) is 5.79. The number of ether oxygens (including phenoxy) is 1. The quantitative estimate of drug-likeness (QED) is 0.901. The van der Waals surface area contributed by atoms with Gasteiger partial charge in [-0.15, -0.1) is 0 Å². The molecule has 1 aliphatic rings. The van der Waals surface area contributed by atoms with E-state index in [-0.39, 0.29) is 12.1 Å². The van der Waals surface area contributed by atoms with E-state index >= 15 is 0 Å². The number of morpholine rings is 1. The second-order valence-electron chi connectivity index (χ2n) is 5.15. The van der Waals surface area contributed by atoms with Gasteiger partial charge in [-0.3, -0.25) is 4.90 Å². The minimum atomic E-state index is 0.120. The number of nitrogens with zero attached hydrogens (tertiary/aromatic N) is 1. The van der Waals surface area contributed by atoms with Crippen LogP contribution in [0.25, 0.3) is 0 Å². The van der Waals surface area contributed by atoms with Crippen LogP contribution in [0.1, 0.15) is 24.9 Å². The van der Waals surface area contributed by atoms with Gasteiger partial charge < -0.3 is 10.1 Å². The summed E-state index contributed by atoms with van der Waals surface area (Å²) in [4.78, 5) is 2.47. The molecule has 1 fully saturated rings. The van der Waals surface area contributed by atoms with E-state index in [1.54, 1.807) is 6.07 Å². The molecule has 0 amide bonds. The van der Waals surface area contributed by atoms with E-state index in [0.29, 0.717) is 10.0 Å². The van der Waals surface area contributed by atoms with E-state index < -0.39 is 0 Å². The Labute approximate surface area is 131 Å². The van der Waals surface area contributed by atoms with Crippen molar-refractivity contribution < 1.29 is 4.74 Å². The van der Waals surface area contributed by atoms with Crippen molar-refractivity contribution in [2.45, 2.75) is 25.5 Å². The highest BCUT2D eigenvalue weighted by Gasteiger charge is 2.33. The smallest absolute Gasteiger partial charge is 0.0896 e. The lowest BCUT2D eigenvalue weighted by atomic mass is 9.97. The van der Waals surface area contributed by atoms with Crippen LogP contribution in [0.15, 0.2) is 18.2 Å². The minimum Gasteiger partial charge on any atom is -0.374 e. The summed E-state index contributed by atoms with van der Waals surface area (Å²) in [5.41, 5.74) is 1.14. The zero-order valence-electron chi connectivity index (χ0n) is 12.0. The fraction of sp³-hybridized carbons (Fsp3) is 0.600. The normalized spacial score (nSPS) is 24.0. The van der Waals surface area contributed by atoms with Gasteiger partial charge in [0, 0.05) is 23.1 Å². The molecule has 1 aliphatic heterocycles. The number of hydrogen-bond acceptors (Lipinski definition) is 3. The zero-order chi connectivity index (χ0) is 14.5. The van der Waals surface area contributed by atoms with E-state index in [2.05, 4.69) is 17.1 Å². The third-order valence-electron chi connectivity index (χ3n) is 3.60. The fourth-order valence-electron chi connectivity index (χ4n) is 2.87. The second kappa shape index (κ2) is 7.62. The van der Waals surface area contributed by atoms with Crippen LogP contribution in [0, 0.1) is 0 Å². The van der Waals surface area contributed by atoms with E-state index in [0.717, 1.165) is 38.2 Å². The Morgan fingerprint density at radius 3 is 2.60 bits per heavy atom. The lowest BCUT2D eigenvalue weighted by Gasteiger charge is -2.41. The molecule has 2 unspecified atom stereocenters. The molecule has 1 N–H and O–H groups in total. The van der Waals surface area contributed by atoms with Gasteiger partial charge in [0.1, 0.15) is 0 Å². The number of benzene rings is 1. The van der Waals surface area contributed by atoms with Crippen molar-refractivity contribution in [2.24, 2.45) is 0 Å². The predicted molar refractivity (Wildman–Crippen MR) is 84.7 cm³/mol. The number of hydrogen-bond donors (Lipinski definition) is 1. The Hall–Kier alpha value is -0.320. The first-order chi connectivity index (χ1) is 9.65. The number of nitrogens with one attached hydrogen (secondary N) is 1. The van der Waals surface area contributed by atoms with Crippen molar-refractivity contribution >= 4 is 23.2 Å². The van der Waals surface area contributed by atoms with E-state index in [1.165, 1.54) is 0 Å². The predicted octanol–water partition coefficient (Wildman–Crippen LogP) is 3.36. The first-order valence-electron chi connectivity index (χ1n) is 7.12. The lowest BCUT2D eigenvalue weighted by molar-refractivity contribution is -0.0704. The maximum Gasteiger partial charge on any atom is 0.0896 e. The number of likely N-dealkylation sites (N-methyl/N-ethyl adjacent to an activating group) is 1. The van der Waals surface area contributed by atoms with Gasteiger partial charge in [0.15, 0.2) is 0 Å². The second-order valence-corrected chi connectivity index (χ2v) is 6.02. The molecular formula is C15H22Cl2N2O. The highest BCUT2D eigenvalue weighted by atomic mass is 35.5. The van der Waals surface area contributed by atoms with Crippen LogP contribution in [0.2, 0.25) is 10.0 Å². The third-order valence-corrected chi connectivity index (χ3v) is 4.03. The maximum atomic E-state index is 6.16. The Balaban J connectivity index is 2.32. The van der Waals surface area contributed by atoms with E-state index in [4.69, 9.17) is 27.9 Å². The topological polar surface area (TPSA) is 24.5 Å². The van der Waals surface area contributed by atoms with E-state index in [9.17, 15) is 0 Å². The van der Waals surface area contributed by atoms with Gasteiger partial charge in [-0.05, 0) is 43.8 Å². The van der Waals surface area contributed by atoms with Crippen molar-refractivity contribution in [3.63, 3.8) is 0 Å². The standard InChI is InChI=1S/C15H22Cl2N2O/c1-3-4-19-5-6-20-14(10-18-2)15(19)11-7-12(16)9-13(17)8-11/h7-9,14-15,18H,3-6,10H2,1-2H3. The van der Waals surface area contributed by atoms with Crippen LogP contribution in [0.3, 0.4) is 0 Å². The average Bonchev–Trinajstić information content (AvgIpc) is 2.38. The molecule has 0 aliphatic carbocycles. The third kappa shape index (κ3) is 3.86. The van der Waals surface area contributed by atoms with E-state index in [1.807, 2.05) is 19.2 Å². The molecule has 1 heterocycles. The van der Waals surface area contributed by atoms with Crippen molar-refractivity contribution in [3.8, 4) is 0 Å². The fourth-order valence-corrected chi connectivity index (χ4v) is 3.41. The van der Waals surface area contributed by atoms with Gasteiger partial charge in [0.2, 0.25) is 0 Å². The van der Waals surface area contributed by atoms with Crippen LogP contribution in [0.5, 0.6) is 0 Å². The van der Waals surface area contributed by atoms with Crippen molar-refractivity contribution in [1.82, 2.24) is 10.2 Å². The number of rotatable bonds is 5. The molecule has 0 aromatic heterocycles. The molecule has 0 saturated carbocycles. The molecule has 3 nitrogen and oxygen atoms in total. The minimum absolute atomic E-state index is 0.120. The van der Waals surface area contributed by atoms with Crippen LogP contribution < -0.4 is 5.32 Å². The van der Waals surface area contributed by atoms with Gasteiger partial charge in [-0.1, -0.05) is 30.1 Å². The van der Waals surface area contributed by atoms with Crippen LogP contribution in [-0.2, 0) is 4.74 Å². The lowest BCUT2D eigenvalue weighted by Crippen LogP contribution is -2.48. The Morgan fingerprint density at radius 1 is 1.30 bits per heavy atom. The summed E-state index contributed by atoms with van der Waals surface area (Å²) in [5.74, 6) is 0. The molecule has 1 saturated heterocycles. The van der Waals surface area contributed by atoms with Crippen molar-refractivity contribution in [3.05, 3.63) is 33.8 Å². The first-order valence-corrected chi connectivity index (χ1v) is 7.87. The van der Waals surface area contributed by atoms with Gasteiger partial charge in [0.05, 0.1) is 18.8 Å². The Morgan fingerprint density at radius 2 is 2.00 bits per heavy atom. The van der Waals surface area contributed by atoms with Crippen LogP contribution in [-0.4, -0.2) is 44.3 Å². The molecule has 0 spiro atoms. The molecule has 1 aromatic carbocycles. The average molecular weight is 317 g/mol. The molecule has 2 rings (SSSR count). The molecule has 1 aromatic rings. The summed E-state index contributed by atoms with van der Waals surface area (Å²) in [5, 5.41) is 4.57. The molecule has 5 heteroatoms. The summed E-state index contributed by atoms with van der Waals surface area (Å²) in [7, 11) is 1.95. The maximum absolute atomic E-state index is 6.16. The highest BCUT2D eigenvalue weighted by molar-refractivity contribution is 6.34. The summed E-state index contributed by atoms with van der Waals surface area (Å²) < 4.78 is 5.95. The Bertz CT molecular complexity index is 404. The zero-order valence-corrected chi connectivity index (χ0v) is 13.5. The molecular weight excluding hydrogens is 295 g/mol. The molecule has 2 atom stereocenters. The van der Waals surface area contributed by atoms with Crippen LogP contribution >= 0.6 is 23.2 Å². The van der Waals surface area contributed by atoms with Crippen LogP contribution in [0.4, 0.5) is 0 Å². The number of halogens is 2. The van der Waals surface area contributed by atoms with Gasteiger partial charge >= 0.3 is 0 Å². The monoisotopic (exact) mass is 316 g/mol. The SMILES string of the molecule is CCCN1CCOC(CNC)C1c1cc(Cl)cc(Cl)c1.